The van der Waals surface area contributed by atoms with Crippen LogP contribution < -0.4 is 5.32 Å². The maximum Gasteiger partial charge on any atom is 0.221 e. The number of carbonyl (C=O) groups excluding carboxylic acids is 1. The lowest BCUT2D eigenvalue weighted by Crippen LogP contribution is -2.40. The van der Waals surface area contributed by atoms with Gasteiger partial charge >= 0.3 is 0 Å². The van der Waals surface area contributed by atoms with Gasteiger partial charge in [-0.2, -0.15) is 0 Å². The van der Waals surface area contributed by atoms with E-state index in [1.165, 1.54) is 4.90 Å². The normalized spacial score (nSPS) is 19.8. The zero-order valence-corrected chi connectivity index (χ0v) is 14.0. The summed E-state index contributed by atoms with van der Waals surface area (Å²) < 4.78 is 6.66. The zero-order chi connectivity index (χ0) is 14.4. The quantitative estimate of drug-likeness (QED) is 0.790. The minimum atomic E-state index is 0.104. The Labute approximate surface area is 133 Å². The van der Waals surface area contributed by atoms with E-state index in [0.717, 1.165) is 29.7 Å². The Morgan fingerprint density at radius 3 is 3.05 bits per heavy atom. The van der Waals surface area contributed by atoms with Crippen molar-refractivity contribution < 1.29 is 9.53 Å². The summed E-state index contributed by atoms with van der Waals surface area (Å²) in [6, 6.07) is 8.18. The molecule has 2 unspecified atom stereocenters. The Kier molecular flexibility index (Phi) is 6.39. The monoisotopic (exact) mass is 357 g/mol. The number of thioether (sulfide) groups is 1. The standard InChI is InChI=1S/C15H20BrNO2S/c1-11(13-6-4-9-19-13)17-15(18)8-10-20-14-7-3-2-5-12(14)16/h2-3,5,7,11,13H,4,6,8-10H2,1H3,(H,17,18). The van der Waals surface area contributed by atoms with Gasteiger partial charge in [0.1, 0.15) is 0 Å². The highest BCUT2D eigenvalue weighted by atomic mass is 79.9. The van der Waals surface area contributed by atoms with Crippen molar-refractivity contribution in [2.24, 2.45) is 0 Å². The molecule has 0 aromatic heterocycles. The van der Waals surface area contributed by atoms with Crippen LogP contribution in [0.5, 0.6) is 0 Å². The third-order valence-corrected chi connectivity index (χ3v) is 5.36. The van der Waals surface area contributed by atoms with Crippen molar-refractivity contribution >= 4 is 33.6 Å². The average Bonchev–Trinajstić information content (AvgIpc) is 2.95. The highest BCUT2D eigenvalue weighted by Gasteiger charge is 2.23. The summed E-state index contributed by atoms with van der Waals surface area (Å²) in [6.45, 7) is 2.84. The summed E-state index contributed by atoms with van der Waals surface area (Å²) in [5.41, 5.74) is 0. The topological polar surface area (TPSA) is 38.3 Å². The molecular formula is C15H20BrNO2S. The van der Waals surface area contributed by atoms with E-state index >= 15 is 0 Å². The molecule has 110 valence electrons. The molecule has 1 N–H and O–H groups in total. The number of hydrogen-bond acceptors (Lipinski definition) is 3. The van der Waals surface area contributed by atoms with Gasteiger partial charge in [-0.3, -0.25) is 4.79 Å². The first-order chi connectivity index (χ1) is 9.66. The van der Waals surface area contributed by atoms with Gasteiger partial charge in [0.15, 0.2) is 0 Å². The van der Waals surface area contributed by atoms with Crippen molar-refractivity contribution in [1.29, 1.82) is 0 Å². The van der Waals surface area contributed by atoms with Crippen LogP contribution in [0.15, 0.2) is 33.6 Å². The lowest BCUT2D eigenvalue weighted by molar-refractivity contribution is -0.122. The number of hydrogen-bond donors (Lipinski definition) is 1. The zero-order valence-electron chi connectivity index (χ0n) is 11.6. The number of halogens is 1. The van der Waals surface area contributed by atoms with E-state index in [2.05, 4.69) is 27.3 Å². The van der Waals surface area contributed by atoms with Crippen molar-refractivity contribution in [3.05, 3.63) is 28.7 Å². The summed E-state index contributed by atoms with van der Waals surface area (Å²) in [5, 5.41) is 3.03. The molecule has 1 aromatic rings. The van der Waals surface area contributed by atoms with E-state index in [1.54, 1.807) is 11.8 Å². The maximum absolute atomic E-state index is 11.9. The van der Waals surface area contributed by atoms with Gasteiger partial charge < -0.3 is 10.1 Å². The van der Waals surface area contributed by atoms with Crippen LogP contribution in [0.4, 0.5) is 0 Å². The first kappa shape index (κ1) is 15.9. The number of ether oxygens (including phenoxy) is 1. The second-order valence-electron chi connectivity index (χ2n) is 4.94. The molecule has 5 heteroatoms. The van der Waals surface area contributed by atoms with Crippen LogP contribution in [0.25, 0.3) is 0 Å². The van der Waals surface area contributed by atoms with Crippen LogP contribution >= 0.6 is 27.7 Å². The molecule has 2 atom stereocenters. The molecule has 0 bridgehead atoms. The SMILES string of the molecule is CC(NC(=O)CCSc1ccccc1Br)C1CCCO1. The van der Waals surface area contributed by atoms with Gasteiger partial charge in [-0.05, 0) is 47.8 Å². The van der Waals surface area contributed by atoms with Crippen LogP contribution in [0.3, 0.4) is 0 Å². The second kappa shape index (κ2) is 8.05. The molecule has 1 saturated heterocycles. The third kappa shape index (κ3) is 4.79. The minimum absolute atomic E-state index is 0.104. The van der Waals surface area contributed by atoms with Crippen molar-refractivity contribution in [1.82, 2.24) is 5.32 Å². The van der Waals surface area contributed by atoms with E-state index in [0.29, 0.717) is 6.42 Å². The summed E-state index contributed by atoms with van der Waals surface area (Å²) in [6.07, 6.45) is 2.87. The van der Waals surface area contributed by atoms with Gasteiger partial charge in [0.05, 0.1) is 12.1 Å². The van der Waals surface area contributed by atoms with E-state index in [9.17, 15) is 4.79 Å². The number of carbonyl (C=O) groups is 1. The fraction of sp³-hybridized carbons (Fsp3) is 0.533. The van der Waals surface area contributed by atoms with Crippen molar-refractivity contribution in [3.8, 4) is 0 Å². The maximum atomic E-state index is 11.9. The van der Waals surface area contributed by atoms with Crippen LogP contribution in [-0.4, -0.2) is 30.4 Å². The largest absolute Gasteiger partial charge is 0.376 e. The lowest BCUT2D eigenvalue weighted by Gasteiger charge is -2.19. The van der Waals surface area contributed by atoms with Gasteiger partial charge in [0.25, 0.3) is 0 Å². The van der Waals surface area contributed by atoms with Crippen LogP contribution in [-0.2, 0) is 9.53 Å². The van der Waals surface area contributed by atoms with Gasteiger partial charge in [0, 0.05) is 28.1 Å². The summed E-state index contributed by atoms with van der Waals surface area (Å²) in [4.78, 5) is 13.1. The average molecular weight is 358 g/mol. The number of amides is 1. The first-order valence-corrected chi connectivity index (χ1v) is 8.73. The molecule has 1 heterocycles. The van der Waals surface area contributed by atoms with Crippen molar-refractivity contribution in [2.45, 2.75) is 43.2 Å². The molecule has 1 amide bonds. The van der Waals surface area contributed by atoms with E-state index in [-0.39, 0.29) is 18.1 Å². The lowest BCUT2D eigenvalue weighted by atomic mass is 10.1. The third-order valence-electron chi connectivity index (χ3n) is 3.33. The van der Waals surface area contributed by atoms with Crippen molar-refractivity contribution in [3.63, 3.8) is 0 Å². The van der Waals surface area contributed by atoms with Crippen LogP contribution in [0.2, 0.25) is 0 Å². The summed E-state index contributed by atoms with van der Waals surface area (Å²) >= 11 is 5.21. The Hall–Kier alpha value is -0.520. The number of benzene rings is 1. The molecule has 0 aliphatic carbocycles. The molecule has 1 fully saturated rings. The van der Waals surface area contributed by atoms with Gasteiger partial charge in [-0.25, -0.2) is 0 Å². The molecule has 1 aromatic carbocycles. The fourth-order valence-electron chi connectivity index (χ4n) is 2.23. The Morgan fingerprint density at radius 1 is 1.55 bits per heavy atom. The molecule has 0 saturated carbocycles. The fourth-order valence-corrected chi connectivity index (χ4v) is 3.75. The molecule has 20 heavy (non-hydrogen) atoms. The van der Waals surface area contributed by atoms with Gasteiger partial charge in [-0.15, -0.1) is 11.8 Å². The van der Waals surface area contributed by atoms with Crippen molar-refractivity contribution in [2.75, 3.05) is 12.4 Å². The van der Waals surface area contributed by atoms with Gasteiger partial charge in [-0.1, -0.05) is 12.1 Å². The minimum Gasteiger partial charge on any atom is -0.376 e. The Bertz CT molecular complexity index is 449. The number of rotatable bonds is 6. The Balaban J connectivity index is 1.68. The molecule has 1 aliphatic heterocycles. The van der Waals surface area contributed by atoms with E-state index < -0.39 is 0 Å². The molecule has 1 aliphatic rings. The first-order valence-electron chi connectivity index (χ1n) is 6.95. The second-order valence-corrected chi connectivity index (χ2v) is 6.93. The molecule has 0 radical (unpaired) electrons. The van der Waals surface area contributed by atoms with E-state index in [4.69, 9.17) is 4.74 Å². The van der Waals surface area contributed by atoms with Crippen LogP contribution in [0, 0.1) is 0 Å². The number of nitrogens with one attached hydrogen (secondary N) is 1. The highest BCUT2D eigenvalue weighted by molar-refractivity contribution is 9.10. The molecule has 0 spiro atoms. The summed E-state index contributed by atoms with van der Waals surface area (Å²) in [7, 11) is 0. The predicted octanol–water partition coefficient (Wildman–Crippen LogP) is 3.62. The molecule has 2 rings (SSSR count). The summed E-state index contributed by atoms with van der Waals surface area (Å²) in [5.74, 6) is 0.889. The van der Waals surface area contributed by atoms with Crippen LogP contribution in [0.1, 0.15) is 26.2 Å². The molecule has 3 nitrogen and oxygen atoms in total. The molecular weight excluding hydrogens is 338 g/mol. The highest BCUT2D eigenvalue weighted by Crippen LogP contribution is 2.27. The Morgan fingerprint density at radius 2 is 2.35 bits per heavy atom. The smallest absolute Gasteiger partial charge is 0.221 e. The van der Waals surface area contributed by atoms with Gasteiger partial charge in [0.2, 0.25) is 5.91 Å². The van der Waals surface area contributed by atoms with E-state index in [1.807, 2.05) is 25.1 Å². The predicted molar refractivity (Wildman–Crippen MR) is 86.1 cm³/mol.